The molecule has 5 nitrogen and oxygen atoms in total. The summed E-state index contributed by atoms with van der Waals surface area (Å²) in [4.78, 5) is 30.9. The van der Waals surface area contributed by atoms with Gasteiger partial charge < -0.3 is 9.64 Å². The molecular weight excluding hydrogens is 324 g/mol. The van der Waals surface area contributed by atoms with E-state index in [1.54, 1.807) is 0 Å². The number of thioether (sulfide) groups is 1. The molecule has 0 aliphatic carbocycles. The smallest absolute Gasteiger partial charge is 0.310 e. The van der Waals surface area contributed by atoms with E-state index < -0.39 is 0 Å². The van der Waals surface area contributed by atoms with Crippen LogP contribution in [-0.2, 0) is 14.3 Å². The molecule has 126 valence electrons. The maximum atomic E-state index is 12.2. The van der Waals surface area contributed by atoms with Crippen LogP contribution in [0.4, 0.5) is 0 Å². The normalized spacial score (nSPS) is 22.6. The number of likely N-dealkylation sites (tertiary alicyclic amines) is 1. The molecule has 0 radical (unpaired) electrons. The van der Waals surface area contributed by atoms with Gasteiger partial charge in [-0.3, -0.25) is 9.59 Å². The fourth-order valence-corrected chi connectivity index (χ4v) is 3.79. The molecule has 0 N–H and O–H groups in total. The summed E-state index contributed by atoms with van der Waals surface area (Å²) in [6.07, 6.45) is 3.58. The van der Waals surface area contributed by atoms with Gasteiger partial charge in [0, 0.05) is 13.1 Å². The largest absolute Gasteiger partial charge is 0.466 e. The number of ether oxygens (including phenoxy) is 1. The topological polar surface area (TPSA) is 59.0 Å². The fraction of sp³-hybridized carbons (Fsp3) is 0.389. The van der Waals surface area contributed by atoms with Gasteiger partial charge in [0.2, 0.25) is 0 Å². The Kier molecular flexibility index (Phi) is 5.35. The van der Waals surface area contributed by atoms with Gasteiger partial charge in [0.1, 0.15) is 0 Å². The van der Waals surface area contributed by atoms with Crippen molar-refractivity contribution in [2.45, 2.75) is 19.8 Å². The van der Waals surface area contributed by atoms with Crippen molar-refractivity contribution in [2.75, 3.05) is 19.7 Å². The highest BCUT2D eigenvalue weighted by Crippen LogP contribution is 2.32. The van der Waals surface area contributed by atoms with E-state index in [4.69, 9.17) is 4.74 Å². The van der Waals surface area contributed by atoms with Gasteiger partial charge in [-0.25, -0.2) is 0 Å². The van der Waals surface area contributed by atoms with Gasteiger partial charge in [0.05, 0.1) is 17.4 Å². The highest BCUT2D eigenvalue weighted by molar-refractivity contribution is 8.18. The maximum absolute atomic E-state index is 12.2. The molecule has 6 heteroatoms. The molecule has 1 aromatic carbocycles. The average molecular weight is 344 g/mol. The first-order valence-corrected chi connectivity index (χ1v) is 8.98. The molecule has 3 rings (SSSR count). The van der Waals surface area contributed by atoms with E-state index in [0.29, 0.717) is 23.2 Å². The van der Waals surface area contributed by atoms with Crippen molar-refractivity contribution in [1.29, 1.82) is 0 Å². The van der Waals surface area contributed by atoms with E-state index in [2.05, 4.69) is 4.99 Å². The number of benzene rings is 1. The summed E-state index contributed by atoms with van der Waals surface area (Å²) in [5.74, 6) is -0.506. The van der Waals surface area contributed by atoms with Gasteiger partial charge >= 0.3 is 5.97 Å². The predicted octanol–water partition coefficient (Wildman–Crippen LogP) is 2.93. The molecule has 1 aromatic rings. The number of aliphatic imine (C=N–C) groups is 1. The quantitative estimate of drug-likeness (QED) is 0.623. The van der Waals surface area contributed by atoms with Crippen molar-refractivity contribution in [1.82, 2.24) is 4.90 Å². The monoisotopic (exact) mass is 344 g/mol. The lowest BCUT2D eigenvalue weighted by Crippen LogP contribution is -2.41. The minimum atomic E-state index is -0.211. The van der Waals surface area contributed by atoms with Crippen molar-refractivity contribution >= 4 is 34.9 Å². The minimum absolute atomic E-state index is 0.140. The number of hydrogen-bond acceptors (Lipinski definition) is 5. The Balaban J connectivity index is 1.68. The summed E-state index contributed by atoms with van der Waals surface area (Å²) in [6, 6.07) is 9.73. The number of nitrogens with zero attached hydrogens (tertiary/aromatic N) is 2. The number of carbonyl (C=O) groups excluding carboxylic acids is 2. The third-order valence-corrected chi connectivity index (χ3v) is 5.06. The first-order chi connectivity index (χ1) is 11.7. The molecule has 0 saturated carbocycles. The number of carbonyl (C=O) groups is 2. The molecule has 1 amide bonds. The van der Waals surface area contributed by atoms with Crippen LogP contribution < -0.4 is 0 Å². The lowest BCUT2D eigenvalue weighted by atomic mass is 9.99. The van der Waals surface area contributed by atoms with Crippen LogP contribution in [-0.4, -0.2) is 41.6 Å². The van der Waals surface area contributed by atoms with Crippen molar-refractivity contribution in [3.05, 3.63) is 40.8 Å². The molecule has 0 aromatic heterocycles. The van der Waals surface area contributed by atoms with Crippen molar-refractivity contribution in [2.24, 2.45) is 10.9 Å². The van der Waals surface area contributed by atoms with Gasteiger partial charge in [0.25, 0.3) is 5.91 Å². The Bertz CT molecular complexity index is 685. The van der Waals surface area contributed by atoms with Crippen LogP contribution in [0.2, 0.25) is 0 Å². The summed E-state index contributed by atoms with van der Waals surface area (Å²) >= 11 is 1.38. The molecule has 1 saturated heterocycles. The third-order valence-electron chi connectivity index (χ3n) is 4.02. The molecule has 24 heavy (non-hydrogen) atoms. The van der Waals surface area contributed by atoms with Crippen molar-refractivity contribution in [3.63, 3.8) is 0 Å². The number of esters is 1. The Morgan fingerprint density at radius 1 is 1.42 bits per heavy atom. The second-order valence-corrected chi connectivity index (χ2v) is 6.77. The highest BCUT2D eigenvalue weighted by atomic mass is 32.2. The van der Waals surface area contributed by atoms with E-state index in [9.17, 15) is 9.59 Å². The van der Waals surface area contributed by atoms with Crippen molar-refractivity contribution in [3.8, 4) is 0 Å². The molecule has 2 aliphatic rings. The lowest BCUT2D eigenvalue weighted by Gasteiger charge is -2.32. The van der Waals surface area contributed by atoms with E-state index in [-0.39, 0.29) is 17.8 Å². The van der Waals surface area contributed by atoms with Crippen LogP contribution in [0.15, 0.2) is 40.2 Å². The van der Waals surface area contributed by atoms with Gasteiger partial charge in [-0.1, -0.05) is 30.3 Å². The molecule has 1 unspecified atom stereocenters. The van der Waals surface area contributed by atoms with Crippen molar-refractivity contribution < 1.29 is 14.3 Å². The van der Waals surface area contributed by atoms with Crippen LogP contribution in [0.3, 0.4) is 0 Å². The number of rotatable bonds is 3. The van der Waals surface area contributed by atoms with Crippen LogP contribution in [0.25, 0.3) is 6.08 Å². The van der Waals surface area contributed by atoms with Gasteiger partial charge in [-0.2, -0.15) is 4.99 Å². The van der Waals surface area contributed by atoms with Crippen LogP contribution >= 0.6 is 11.8 Å². The summed E-state index contributed by atoms with van der Waals surface area (Å²) in [6.45, 7) is 3.59. The van der Waals surface area contributed by atoms with E-state index in [0.717, 1.165) is 24.9 Å². The average Bonchev–Trinajstić information content (AvgIpc) is 2.97. The van der Waals surface area contributed by atoms with E-state index >= 15 is 0 Å². The summed E-state index contributed by atoms with van der Waals surface area (Å²) in [7, 11) is 0. The fourth-order valence-electron chi connectivity index (χ4n) is 2.84. The molecule has 0 bridgehead atoms. The molecule has 1 fully saturated rings. The summed E-state index contributed by atoms with van der Waals surface area (Å²) in [5.41, 5.74) is 0.979. The van der Waals surface area contributed by atoms with Gasteiger partial charge in [-0.05, 0) is 43.2 Å². The molecule has 1 atom stereocenters. The molecule has 2 heterocycles. The molecular formula is C18H20N2O3S. The zero-order chi connectivity index (χ0) is 16.9. The second-order valence-electron chi connectivity index (χ2n) is 5.76. The van der Waals surface area contributed by atoms with Crippen LogP contribution in [0.1, 0.15) is 25.3 Å². The maximum Gasteiger partial charge on any atom is 0.310 e. The van der Waals surface area contributed by atoms with Gasteiger partial charge in [-0.15, -0.1) is 0 Å². The van der Waals surface area contributed by atoms with E-state index in [1.165, 1.54) is 11.8 Å². The Labute approximate surface area is 145 Å². The zero-order valence-electron chi connectivity index (χ0n) is 13.6. The standard InChI is InChI=1S/C18H20N2O3S/c1-2-23-17(22)14-9-6-10-20(12-14)18-19-16(21)15(24-18)11-13-7-4-3-5-8-13/h3-5,7-8,11,14H,2,6,9-10,12H2,1H3. The summed E-state index contributed by atoms with van der Waals surface area (Å²) < 4.78 is 5.12. The van der Waals surface area contributed by atoms with E-state index in [1.807, 2.05) is 48.2 Å². The Morgan fingerprint density at radius 3 is 2.96 bits per heavy atom. The van der Waals surface area contributed by atoms with Crippen LogP contribution in [0, 0.1) is 5.92 Å². The Morgan fingerprint density at radius 2 is 2.21 bits per heavy atom. The molecule has 0 spiro atoms. The predicted molar refractivity (Wildman–Crippen MR) is 95.4 cm³/mol. The summed E-state index contributed by atoms with van der Waals surface area (Å²) in [5, 5.41) is 0.691. The first kappa shape index (κ1) is 16.8. The van der Waals surface area contributed by atoms with Gasteiger partial charge in [0.15, 0.2) is 5.17 Å². The number of amidine groups is 1. The lowest BCUT2D eigenvalue weighted by molar-refractivity contribution is -0.149. The number of amides is 1. The minimum Gasteiger partial charge on any atom is -0.466 e. The number of hydrogen-bond donors (Lipinski definition) is 0. The zero-order valence-corrected chi connectivity index (χ0v) is 14.4. The molecule has 2 aliphatic heterocycles. The number of piperidine rings is 1. The third kappa shape index (κ3) is 3.87. The first-order valence-electron chi connectivity index (χ1n) is 8.16. The highest BCUT2D eigenvalue weighted by Gasteiger charge is 2.32. The SMILES string of the molecule is CCOC(=O)C1CCCN(C2=NC(=O)C(=Cc3ccccc3)S2)C1. The van der Waals surface area contributed by atoms with Crippen LogP contribution in [0.5, 0.6) is 0 Å². The second kappa shape index (κ2) is 7.66. The Hall–Kier alpha value is -2.08.